The summed E-state index contributed by atoms with van der Waals surface area (Å²) in [7, 11) is 0. The Labute approximate surface area is 145 Å². The van der Waals surface area contributed by atoms with Crippen molar-refractivity contribution in [3.05, 3.63) is 71.3 Å². The largest absolute Gasteiger partial charge is 0.478 e. The lowest BCUT2D eigenvalue weighted by Crippen LogP contribution is -2.17. The molecule has 1 saturated carbocycles. The third-order valence-electron chi connectivity index (χ3n) is 5.40. The van der Waals surface area contributed by atoms with E-state index in [1.165, 1.54) is 36.0 Å². The lowest BCUT2D eigenvalue weighted by molar-refractivity contribution is 0.0697. The van der Waals surface area contributed by atoms with Gasteiger partial charge in [-0.25, -0.2) is 4.79 Å². The van der Waals surface area contributed by atoms with Gasteiger partial charge in [0, 0.05) is 0 Å². The number of hydrogen-bond acceptors (Lipinski definition) is 1. The van der Waals surface area contributed by atoms with Gasteiger partial charge in [-0.05, 0) is 73.3 Å². The molecule has 2 heteroatoms. The van der Waals surface area contributed by atoms with Crippen molar-refractivity contribution >= 4 is 5.97 Å². The summed E-state index contributed by atoms with van der Waals surface area (Å²) < 4.78 is 0. The highest BCUT2D eigenvalue weighted by Gasteiger charge is 2.34. The van der Waals surface area contributed by atoms with Crippen LogP contribution in [-0.4, -0.2) is 11.1 Å². The van der Waals surface area contributed by atoms with E-state index in [2.05, 4.69) is 39.5 Å². The van der Waals surface area contributed by atoms with Crippen molar-refractivity contribution in [1.82, 2.24) is 0 Å². The van der Waals surface area contributed by atoms with E-state index in [-0.39, 0.29) is 0 Å². The van der Waals surface area contributed by atoms with Crippen LogP contribution in [0.1, 0.15) is 61.9 Å². The van der Waals surface area contributed by atoms with E-state index in [0.717, 1.165) is 0 Å². The Hall–Kier alpha value is -2.09. The third-order valence-corrected chi connectivity index (χ3v) is 5.40. The Kier molecular flexibility index (Phi) is 6.19. The van der Waals surface area contributed by atoms with Gasteiger partial charge in [0.1, 0.15) is 0 Å². The van der Waals surface area contributed by atoms with Gasteiger partial charge in [-0.1, -0.05) is 50.3 Å². The molecule has 0 aromatic heterocycles. The minimum atomic E-state index is -0.868. The second kappa shape index (κ2) is 8.14. The fourth-order valence-corrected chi connectivity index (χ4v) is 3.99. The number of rotatable bonds is 6. The molecular weight excluding hydrogens is 296 g/mol. The molecule has 0 saturated heterocycles. The topological polar surface area (TPSA) is 37.3 Å². The van der Waals surface area contributed by atoms with Gasteiger partial charge >= 0.3 is 5.97 Å². The molecule has 0 heterocycles. The van der Waals surface area contributed by atoms with Crippen LogP contribution in [0.25, 0.3) is 0 Å². The van der Waals surface area contributed by atoms with Crippen molar-refractivity contribution in [1.29, 1.82) is 0 Å². The molecule has 3 atom stereocenters. The zero-order valence-corrected chi connectivity index (χ0v) is 15.0. The Balaban J connectivity index is 2.28. The first-order chi connectivity index (χ1) is 11.5. The molecule has 0 aliphatic heterocycles. The first-order valence-electron chi connectivity index (χ1n) is 8.78. The van der Waals surface area contributed by atoms with Crippen molar-refractivity contribution in [3.8, 4) is 0 Å². The number of allylic oxidation sites excluding steroid dienone is 5. The molecule has 24 heavy (non-hydrogen) atoms. The Morgan fingerprint density at radius 1 is 1.29 bits per heavy atom. The maximum atomic E-state index is 11.0. The third kappa shape index (κ3) is 3.87. The van der Waals surface area contributed by atoms with Crippen molar-refractivity contribution in [2.24, 2.45) is 11.8 Å². The number of hydrogen-bond donors (Lipinski definition) is 1. The van der Waals surface area contributed by atoms with Crippen LogP contribution in [0.2, 0.25) is 0 Å². The summed E-state index contributed by atoms with van der Waals surface area (Å²) in [6, 6.07) is 7.39. The molecular formula is C22H28O2. The van der Waals surface area contributed by atoms with Gasteiger partial charge in [0.25, 0.3) is 0 Å². The van der Waals surface area contributed by atoms with E-state index in [4.69, 9.17) is 5.11 Å². The van der Waals surface area contributed by atoms with Crippen molar-refractivity contribution in [2.45, 2.75) is 46.0 Å². The van der Waals surface area contributed by atoms with Crippen LogP contribution >= 0.6 is 0 Å². The smallest absolute Gasteiger partial charge is 0.335 e. The normalized spacial score (nSPS) is 23.1. The van der Waals surface area contributed by atoms with Gasteiger partial charge in [-0.3, -0.25) is 0 Å². The van der Waals surface area contributed by atoms with Crippen LogP contribution in [0.15, 0.2) is 60.2 Å². The fourth-order valence-electron chi connectivity index (χ4n) is 3.99. The predicted octanol–water partition coefficient (Wildman–Crippen LogP) is 5.98. The number of aromatic carboxylic acids is 1. The van der Waals surface area contributed by atoms with Crippen LogP contribution in [0.4, 0.5) is 0 Å². The molecule has 0 bridgehead atoms. The molecule has 0 amide bonds. The first-order valence-corrected chi connectivity index (χ1v) is 8.78. The summed E-state index contributed by atoms with van der Waals surface area (Å²) in [4.78, 5) is 11.0. The molecule has 1 fully saturated rings. The molecule has 2 rings (SSSR count). The Morgan fingerprint density at radius 2 is 1.96 bits per heavy atom. The summed E-state index contributed by atoms with van der Waals surface area (Å²) in [6.45, 7) is 10.4. The highest BCUT2D eigenvalue weighted by Crippen LogP contribution is 2.46. The number of carbonyl (C=O) groups is 1. The average molecular weight is 324 g/mol. The monoisotopic (exact) mass is 324 g/mol. The summed E-state index contributed by atoms with van der Waals surface area (Å²) in [5.74, 6) is 0.682. The first kappa shape index (κ1) is 18.3. The molecule has 1 aliphatic carbocycles. The second-order valence-electron chi connectivity index (χ2n) is 6.76. The van der Waals surface area contributed by atoms with Crippen molar-refractivity contribution < 1.29 is 9.90 Å². The summed E-state index contributed by atoms with van der Waals surface area (Å²) in [6.07, 6.45) is 9.99. The van der Waals surface area contributed by atoms with E-state index < -0.39 is 5.97 Å². The fraction of sp³-hybridized carbons (Fsp3) is 0.409. The maximum absolute atomic E-state index is 11.0. The molecule has 1 aromatic carbocycles. The van der Waals surface area contributed by atoms with Crippen LogP contribution < -0.4 is 0 Å². The summed E-state index contributed by atoms with van der Waals surface area (Å²) >= 11 is 0. The molecule has 128 valence electrons. The lowest BCUT2D eigenvalue weighted by atomic mass is 9.76. The zero-order valence-electron chi connectivity index (χ0n) is 15.0. The Bertz CT molecular complexity index is 649. The van der Waals surface area contributed by atoms with Crippen LogP contribution in [0, 0.1) is 11.8 Å². The molecule has 3 unspecified atom stereocenters. The number of benzene rings is 1. The van der Waals surface area contributed by atoms with Gasteiger partial charge in [-0.15, -0.1) is 0 Å². The van der Waals surface area contributed by atoms with Gasteiger partial charge in [0.2, 0.25) is 0 Å². The summed E-state index contributed by atoms with van der Waals surface area (Å²) in [5, 5.41) is 9.06. The van der Waals surface area contributed by atoms with E-state index in [9.17, 15) is 4.79 Å². The molecule has 1 aromatic rings. The molecule has 2 nitrogen and oxygen atoms in total. The van der Waals surface area contributed by atoms with E-state index in [1.54, 1.807) is 12.1 Å². The quantitative estimate of drug-likeness (QED) is 0.653. The lowest BCUT2D eigenvalue weighted by Gasteiger charge is -2.28. The van der Waals surface area contributed by atoms with Crippen LogP contribution in [0.5, 0.6) is 0 Å². The SMILES string of the molecule is C=C/C(C)=C(\C=C/C)C1CCCC1C(C)c1ccc(C(=O)O)cc1. The highest BCUT2D eigenvalue weighted by molar-refractivity contribution is 5.87. The van der Waals surface area contributed by atoms with Gasteiger partial charge < -0.3 is 5.11 Å². The molecule has 0 radical (unpaired) electrons. The van der Waals surface area contributed by atoms with Crippen molar-refractivity contribution in [3.63, 3.8) is 0 Å². The molecule has 1 aliphatic rings. The standard InChI is InChI=1S/C22H28O2/c1-5-8-19(15(3)6-2)21-10-7-9-20(21)16(4)17-11-13-18(14-12-17)22(23)24/h5-6,8,11-14,16,20-21H,2,7,9-10H2,1,3-4H3,(H,23,24)/b8-5-,19-15+. The number of carboxylic acids is 1. The van der Waals surface area contributed by atoms with Gasteiger partial charge in [0.05, 0.1) is 5.56 Å². The molecule has 0 spiro atoms. The molecule has 1 N–H and O–H groups in total. The average Bonchev–Trinajstić information content (AvgIpc) is 3.07. The Morgan fingerprint density at radius 3 is 2.50 bits per heavy atom. The maximum Gasteiger partial charge on any atom is 0.335 e. The second-order valence-corrected chi connectivity index (χ2v) is 6.76. The number of carboxylic acid groups (broad SMARTS) is 1. The minimum Gasteiger partial charge on any atom is -0.478 e. The van der Waals surface area contributed by atoms with E-state index >= 15 is 0 Å². The van der Waals surface area contributed by atoms with Gasteiger partial charge in [-0.2, -0.15) is 0 Å². The van der Waals surface area contributed by atoms with E-state index in [1.807, 2.05) is 18.2 Å². The van der Waals surface area contributed by atoms with Gasteiger partial charge in [0.15, 0.2) is 0 Å². The van der Waals surface area contributed by atoms with E-state index in [0.29, 0.717) is 23.3 Å². The van der Waals surface area contributed by atoms with Crippen molar-refractivity contribution in [2.75, 3.05) is 0 Å². The summed E-state index contributed by atoms with van der Waals surface area (Å²) in [5.41, 5.74) is 4.25. The zero-order chi connectivity index (χ0) is 17.7. The highest BCUT2D eigenvalue weighted by atomic mass is 16.4. The predicted molar refractivity (Wildman–Crippen MR) is 100 cm³/mol. The van der Waals surface area contributed by atoms with Crippen LogP contribution in [0.3, 0.4) is 0 Å². The minimum absolute atomic E-state index is 0.353. The van der Waals surface area contributed by atoms with Crippen LogP contribution in [-0.2, 0) is 0 Å².